The summed E-state index contributed by atoms with van der Waals surface area (Å²) in [6, 6.07) is 10.3. The van der Waals surface area contributed by atoms with E-state index in [9.17, 15) is 9.90 Å². The van der Waals surface area contributed by atoms with Crippen molar-refractivity contribution in [1.29, 1.82) is 0 Å². The third-order valence-electron chi connectivity index (χ3n) is 3.95. The zero-order chi connectivity index (χ0) is 16.9. The van der Waals surface area contributed by atoms with Gasteiger partial charge in [-0.3, -0.25) is 9.69 Å². The fourth-order valence-corrected chi connectivity index (χ4v) is 2.85. The van der Waals surface area contributed by atoms with Crippen molar-refractivity contribution in [1.82, 2.24) is 9.80 Å². The van der Waals surface area contributed by atoms with Crippen molar-refractivity contribution < 1.29 is 14.6 Å². The first-order valence-corrected chi connectivity index (χ1v) is 8.28. The van der Waals surface area contributed by atoms with E-state index in [1.807, 2.05) is 25.1 Å². The summed E-state index contributed by atoms with van der Waals surface area (Å²) in [7, 11) is 0. The average molecular weight is 320 g/mol. The zero-order valence-corrected chi connectivity index (χ0v) is 14.4. The van der Waals surface area contributed by atoms with Gasteiger partial charge in [0.05, 0.1) is 12.2 Å². The van der Waals surface area contributed by atoms with E-state index in [0.29, 0.717) is 26.2 Å². The van der Waals surface area contributed by atoms with Crippen molar-refractivity contribution in [2.24, 2.45) is 0 Å². The number of hydrogen-bond donors (Lipinski definition) is 1. The molecular weight excluding hydrogens is 292 g/mol. The first-order valence-electron chi connectivity index (χ1n) is 8.28. The number of likely N-dealkylation sites (N-methyl/N-ethyl adjacent to an activating group) is 1. The predicted molar refractivity (Wildman–Crippen MR) is 90.0 cm³/mol. The highest BCUT2D eigenvalue weighted by Crippen LogP contribution is 2.14. The minimum Gasteiger partial charge on any atom is -0.389 e. The van der Waals surface area contributed by atoms with E-state index in [-0.39, 0.29) is 5.91 Å². The molecule has 0 bridgehead atoms. The van der Waals surface area contributed by atoms with E-state index in [1.54, 1.807) is 18.7 Å². The molecule has 5 heteroatoms. The smallest absolute Gasteiger partial charge is 0.253 e. The molecule has 1 amide bonds. The van der Waals surface area contributed by atoms with Crippen LogP contribution < -0.4 is 0 Å². The Morgan fingerprint density at radius 3 is 2.70 bits per heavy atom. The van der Waals surface area contributed by atoms with Crippen LogP contribution >= 0.6 is 0 Å². The van der Waals surface area contributed by atoms with Crippen molar-refractivity contribution in [3.63, 3.8) is 0 Å². The summed E-state index contributed by atoms with van der Waals surface area (Å²) in [5.74, 6) is -0.0348. The molecule has 1 aromatic rings. The Balaban J connectivity index is 1.95. The van der Waals surface area contributed by atoms with Gasteiger partial charge in [0.15, 0.2) is 0 Å². The molecule has 0 aromatic heterocycles. The van der Waals surface area contributed by atoms with Crippen LogP contribution in [0.5, 0.6) is 0 Å². The summed E-state index contributed by atoms with van der Waals surface area (Å²) in [6.07, 6.45) is -0.449. The van der Waals surface area contributed by atoms with Gasteiger partial charge in [-0.1, -0.05) is 30.3 Å². The molecule has 1 saturated heterocycles. The Labute approximate surface area is 138 Å². The molecule has 1 aliphatic heterocycles. The van der Waals surface area contributed by atoms with Crippen molar-refractivity contribution in [2.75, 3.05) is 32.8 Å². The number of hydrogen-bond acceptors (Lipinski definition) is 4. The van der Waals surface area contributed by atoms with E-state index in [0.717, 1.165) is 13.1 Å². The number of rotatable bonds is 6. The van der Waals surface area contributed by atoms with Gasteiger partial charge < -0.3 is 14.7 Å². The number of ether oxygens (including phenoxy) is 1. The lowest BCUT2D eigenvalue weighted by molar-refractivity contribution is -0.152. The van der Waals surface area contributed by atoms with Crippen LogP contribution in [-0.4, -0.2) is 65.3 Å². The number of amides is 1. The van der Waals surface area contributed by atoms with E-state index in [1.165, 1.54) is 5.56 Å². The molecule has 0 spiro atoms. The van der Waals surface area contributed by atoms with Crippen LogP contribution in [0, 0.1) is 0 Å². The molecule has 1 heterocycles. The number of carbonyl (C=O) groups excluding carboxylic acids is 1. The normalized spacial score (nSPS) is 19.6. The molecule has 1 aliphatic rings. The van der Waals surface area contributed by atoms with Crippen molar-refractivity contribution in [2.45, 2.75) is 39.0 Å². The van der Waals surface area contributed by atoms with Gasteiger partial charge in [0.1, 0.15) is 6.10 Å². The summed E-state index contributed by atoms with van der Waals surface area (Å²) >= 11 is 0. The molecule has 23 heavy (non-hydrogen) atoms. The lowest BCUT2D eigenvalue weighted by atomic mass is 10.1. The van der Waals surface area contributed by atoms with Gasteiger partial charge in [-0.2, -0.15) is 0 Å². The molecule has 1 atom stereocenters. The van der Waals surface area contributed by atoms with Crippen molar-refractivity contribution in [3.05, 3.63) is 35.9 Å². The van der Waals surface area contributed by atoms with Crippen LogP contribution in [0.1, 0.15) is 26.3 Å². The SMILES string of the molecule is CCN(CC(C)(C)O)C(=O)C1CN(Cc2ccccc2)CCO1. The third-order valence-corrected chi connectivity index (χ3v) is 3.95. The van der Waals surface area contributed by atoms with Crippen LogP contribution in [-0.2, 0) is 16.1 Å². The van der Waals surface area contributed by atoms with E-state index in [2.05, 4.69) is 17.0 Å². The summed E-state index contributed by atoms with van der Waals surface area (Å²) in [4.78, 5) is 16.6. The van der Waals surface area contributed by atoms with Gasteiger partial charge in [0.25, 0.3) is 5.91 Å². The zero-order valence-electron chi connectivity index (χ0n) is 14.4. The van der Waals surface area contributed by atoms with Gasteiger partial charge >= 0.3 is 0 Å². The van der Waals surface area contributed by atoms with E-state index in [4.69, 9.17) is 4.74 Å². The van der Waals surface area contributed by atoms with Gasteiger partial charge in [-0.05, 0) is 26.3 Å². The lowest BCUT2D eigenvalue weighted by Gasteiger charge is -2.36. The molecule has 5 nitrogen and oxygen atoms in total. The second-order valence-corrected chi connectivity index (χ2v) is 6.74. The highest BCUT2D eigenvalue weighted by atomic mass is 16.5. The van der Waals surface area contributed by atoms with Crippen LogP contribution in [0.25, 0.3) is 0 Å². The van der Waals surface area contributed by atoms with Crippen LogP contribution in [0.15, 0.2) is 30.3 Å². The molecule has 128 valence electrons. The average Bonchev–Trinajstić information content (AvgIpc) is 2.52. The Morgan fingerprint density at radius 1 is 1.39 bits per heavy atom. The van der Waals surface area contributed by atoms with Gasteiger partial charge in [0.2, 0.25) is 0 Å². The highest BCUT2D eigenvalue weighted by molar-refractivity contribution is 5.81. The topological polar surface area (TPSA) is 53.0 Å². The number of morpholine rings is 1. The largest absolute Gasteiger partial charge is 0.389 e. The molecule has 1 unspecified atom stereocenters. The number of carbonyl (C=O) groups is 1. The molecular formula is C18H28N2O3. The quantitative estimate of drug-likeness (QED) is 0.863. The second kappa shape index (κ2) is 7.90. The molecule has 1 N–H and O–H groups in total. The molecule has 1 fully saturated rings. The van der Waals surface area contributed by atoms with Crippen LogP contribution in [0.2, 0.25) is 0 Å². The number of aliphatic hydroxyl groups is 1. The Hall–Kier alpha value is -1.43. The lowest BCUT2D eigenvalue weighted by Crippen LogP contribution is -2.53. The maximum atomic E-state index is 12.7. The maximum Gasteiger partial charge on any atom is 0.253 e. The minimum absolute atomic E-state index is 0.0348. The van der Waals surface area contributed by atoms with Crippen LogP contribution in [0.4, 0.5) is 0 Å². The summed E-state index contributed by atoms with van der Waals surface area (Å²) in [6.45, 7) is 9.05. The van der Waals surface area contributed by atoms with Gasteiger partial charge in [0, 0.05) is 32.7 Å². The van der Waals surface area contributed by atoms with Gasteiger partial charge in [-0.15, -0.1) is 0 Å². The summed E-state index contributed by atoms with van der Waals surface area (Å²) in [5, 5.41) is 9.97. The van der Waals surface area contributed by atoms with E-state index < -0.39 is 11.7 Å². The Bertz CT molecular complexity index is 499. The minimum atomic E-state index is -0.899. The Morgan fingerprint density at radius 2 is 2.09 bits per heavy atom. The molecule has 2 rings (SSSR count). The van der Waals surface area contributed by atoms with Crippen molar-refractivity contribution in [3.8, 4) is 0 Å². The number of nitrogens with zero attached hydrogens (tertiary/aromatic N) is 2. The molecule has 0 radical (unpaired) electrons. The number of benzene rings is 1. The molecule has 1 aromatic carbocycles. The first-order chi connectivity index (χ1) is 10.9. The fraction of sp³-hybridized carbons (Fsp3) is 0.611. The van der Waals surface area contributed by atoms with Crippen molar-refractivity contribution >= 4 is 5.91 Å². The molecule has 0 saturated carbocycles. The van der Waals surface area contributed by atoms with Crippen LogP contribution in [0.3, 0.4) is 0 Å². The third kappa shape index (κ3) is 5.61. The monoisotopic (exact) mass is 320 g/mol. The maximum absolute atomic E-state index is 12.7. The van der Waals surface area contributed by atoms with Gasteiger partial charge in [-0.25, -0.2) is 0 Å². The summed E-state index contributed by atoms with van der Waals surface area (Å²) < 4.78 is 5.69. The first kappa shape index (κ1) is 17.9. The molecule has 0 aliphatic carbocycles. The standard InChI is InChI=1S/C18H28N2O3/c1-4-20(14-18(2,3)22)17(21)16-13-19(10-11-23-16)12-15-8-6-5-7-9-15/h5-9,16,22H,4,10-14H2,1-3H3. The Kier molecular flexibility index (Phi) is 6.16. The second-order valence-electron chi connectivity index (χ2n) is 6.74. The summed E-state index contributed by atoms with van der Waals surface area (Å²) in [5.41, 5.74) is 0.341. The van der Waals surface area contributed by atoms with E-state index >= 15 is 0 Å². The predicted octanol–water partition coefficient (Wildman–Crippen LogP) is 1.51. The highest BCUT2D eigenvalue weighted by Gasteiger charge is 2.31. The fourth-order valence-electron chi connectivity index (χ4n) is 2.85.